The normalized spacial score (nSPS) is 15.0. The van der Waals surface area contributed by atoms with E-state index in [2.05, 4.69) is 278 Å². The molecule has 0 atom stereocenters. The predicted octanol–water partition coefficient (Wildman–Crippen LogP) is 19.2. The van der Waals surface area contributed by atoms with Crippen molar-refractivity contribution in [2.75, 3.05) is 33.7 Å². The van der Waals surface area contributed by atoms with Gasteiger partial charge in [0.15, 0.2) is 0 Å². The molecule has 2 heterocycles. The number of para-hydroxylation sites is 6. The quantitative estimate of drug-likeness (QED) is 0.159. The topological polar surface area (TPSA) is 13.0 Å². The molecule has 2 aliphatic carbocycles. The molecule has 0 fully saturated rings. The molecule has 0 saturated heterocycles. The lowest BCUT2D eigenvalue weighted by molar-refractivity contribution is 0.660. The van der Waals surface area contributed by atoms with Gasteiger partial charge >= 0.3 is 0 Å². The molecule has 0 saturated carbocycles. The summed E-state index contributed by atoms with van der Waals surface area (Å²) >= 11 is 0. The van der Waals surface area contributed by atoms with Crippen molar-refractivity contribution in [2.45, 2.75) is 32.1 Å². The fourth-order valence-electron chi connectivity index (χ4n) is 13.3. The van der Waals surface area contributed by atoms with E-state index in [1.807, 2.05) is 0 Å². The molecule has 358 valence electrons. The molecule has 0 amide bonds. The fourth-order valence-corrected chi connectivity index (χ4v) is 13.3. The first-order valence-corrected chi connectivity index (χ1v) is 26.4. The molecular formula is C71H54N4. The van der Waals surface area contributed by atoms with Crippen LogP contribution >= 0.6 is 0 Å². The van der Waals surface area contributed by atoms with Gasteiger partial charge in [-0.05, 0) is 180 Å². The van der Waals surface area contributed by atoms with Crippen LogP contribution in [0.4, 0.5) is 45.5 Å². The maximum Gasteiger partial charge on any atom is 0.0699 e. The van der Waals surface area contributed by atoms with E-state index in [1.54, 1.807) is 0 Å². The maximum atomic E-state index is 2.51. The van der Waals surface area contributed by atoms with Gasteiger partial charge in [0.2, 0.25) is 0 Å². The molecular weight excluding hydrogens is 909 g/mol. The molecule has 15 rings (SSSR count). The number of fused-ring (bicyclic) bond motifs is 9. The first kappa shape index (κ1) is 43.5. The number of rotatable bonds is 5. The number of nitrogens with zero attached hydrogens (tertiary/aromatic N) is 4. The maximum absolute atomic E-state index is 2.51. The van der Waals surface area contributed by atoms with E-state index in [0.29, 0.717) is 0 Å². The predicted molar refractivity (Wildman–Crippen MR) is 318 cm³/mol. The lowest BCUT2D eigenvalue weighted by Gasteiger charge is -2.41. The Morgan fingerprint density at radius 1 is 0.373 bits per heavy atom. The van der Waals surface area contributed by atoms with Gasteiger partial charge in [-0.15, -0.1) is 0 Å². The standard InChI is InChI=1S/C71H54N4/c1-71(2)59-24-10-9-22-52(59)53-38-35-47(42-60(53)71)51-21-7-8-23-54(51)70-56-40-37-49(74-65-29-15-11-25-61(65)72(3)62-26-12-16-30-66(62)74)43-57(56)69(48-34-33-45-19-5-6-20-46(45)41-48)55-39-36-50(44-58(55)70)75-67-31-17-13-27-63(67)73(4)64-28-14-18-32-68(64)75/h5-11,13-25,27-44H,12,26H2,1-4H3. The Morgan fingerprint density at radius 3 is 1.63 bits per heavy atom. The van der Waals surface area contributed by atoms with Gasteiger partial charge in [0.1, 0.15) is 0 Å². The van der Waals surface area contributed by atoms with Crippen molar-refractivity contribution in [3.63, 3.8) is 0 Å². The molecule has 0 bridgehead atoms. The number of allylic oxidation sites excluding steroid dienone is 3. The molecule has 2 aliphatic heterocycles. The van der Waals surface area contributed by atoms with E-state index in [4.69, 9.17) is 0 Å². The van der Waals surface area contributed by atoms with Crippen molar-refractivity contribution in [1.29, 1.82) is 0 Å². The van der Waals surface area contributed by atoms with Crippen LogP contribution in [0.3, 0.4) is 0 Å². The number of anilines is 8. The van der Waals surface area contributed by atoms with Crippen LogP contribution in [-0.2, 0) is 5.41 Å². The highest BCUT2D eigenvalue weighted by Gasteiger charge is 2.36. The summed E-state index contributed by atoms with van der Waals surface area (Å²) in [6.45, 7) is 4.77. The highest BCUT2D eigenvalue weighted by Crippen LogP contribution is 2.56. The number of hydrogen-bond donors (Lipinski definition) is 0. The molecule has 4 nitrogen and oxygen atoms in total. The minimum Gasteiger partial charge on any atom is -0.345 e. The zero-order chi connectivity index (χ0) is 50.1. The summed E-state index contributed by atoms with van der Waals surface area (Å²) < 4.78 is 0. The molecule has 75 heavy (non-hydrogen) atoms. The minimum atomic E-state index is -0.136. The van der Waals surface area contributed by atoms with Crippen molar-refractivity contribution >= 4 is 77.8 Å². The van der Waals surface area contributed by atoms with Gasteiger partial charge in [-0.3, -0.25) is 0 Å². The second-order valence-corrected chi connectivity index (χ2v) is 21.3. The summed E-state index contributed by atoms with van der Waals surface area (Å²) in [7, 11) is 4.41. The van der Waals surface area contributed by atoms with Crippen molar-refractivity contribution in [2.24, 2.45) is 0 Å². The van der Waals surface area contributed by atoms with Crippen LogP contribution in [0.5, 0.6) is 0 Å². The Labute approximate surface area is 439 Å². The highest BCUT2D eigenvalue weighted by molar-refractivity contribution is 6.24. The first-order valence-electron chi connectivity index (χ1n) is 26.4. The molecule has 0 aromatic heterocycles. The van der Waals surface area contributed by atoms with Gasteiger partial charge in [-0.2, -0.15) is 0 Å². The van der Waals surface area contributed by atoms with E-state index >= 15 is 0 Å². The van der Waals surface area contributed by atoms with Crippen molar-refractivity contribution < 1.29 is 0 Å². The van der Waals surface area contributed by atoms with Crippen molar-refractivity contribution in [3.8, 4) is 44.5 Å². The van der Waals surface area contributed by atoms with E-state index in [0.717, 1.165) is 35.6 Å². The Hall–Kier alpha value is -9.12. The molecule has 0 unspecified atom stereocenters. The second-order valence-electron chi connectivity index (χ2n) is 21.3. The van der Waals surface area contributed by atoms with Crippen LogP contribution in [0, 0.1) is 0 Å². The Morgan fingerprint density at radius 2 is 0.907 bits per heavy atom. The fraction of sp³-hybridized carbons (Fsp3) is 0.0986. The van der Waals surface area contributed by atoms with Gasteiger partial charge in [0.25, 0.3) is 0 Å². The van der Waals surface area contributed by atoms with Crippen LogP contribution in [0.1, 0.15) is 37.8 Å². The summed E-state index contributed by atoms with van der Waals surface area (Å²) in [6.07, 6.45) is 6.70. The zero-order valence-electron chi connectivity index (χ0n) is 42.6. The third-order valence-electron chi connectivity index (χ3n) is 16.9. The average Bonchev–Trinajstić information content (AvgIpc) is 3.73. The number of hydrogen-bond acceptors (Lipinski definition) is 4. The second kappa shape index (κ2) is 16.4. The summed E-state index contributed by atoms with van der Waals surface area (Å²) in [4.78, 5) is 9.71. The average molecular weight is 963 g/mol. The van der Waals surface area contributed by atoms with Crippen LogP contribution in [0.25, 0.3) is 76.8 Å². The lowest BCUT2D eigenvalue weighted by Crippen LogP contribution is -2.32. The highest BCUT2D eigenvalue weighted by atomic mass is 15.3. The molecule has 0 radical (unpaired) electrons. The Bertz CT molecular complexity index is 4240. The monoisotopic (exact) mass is 962 g/mol. The smallest absolute Gasteiger partial charge is 0.0699 e. The largest absolute Gasteiger partial charge is 0.345 e. The number of benzene rings is 11. The summed E-state index contributed by atoms with van der Waals surface area (Å²) in [5.41, 5.74) is 24.5. The summed E-state index contributed by atoms with van der Waals surface area (Å²) in [6, 6.07) is 82.2. The lowest BCUT2D eigenvalue weighted by atomic mass is 9.80. The van der Waals surface area contributed by atoms with Crippen LogP contribution in [0.2, 0.25) is 0 Å². The molecule has 0 N–H and O–H groups in total. The first-order chi connectivity index (χ1) is 36.8. The minimum absolute atomic E-state index is 0.136. The van der Waals surface area contributed by atoms with Gasteiger partial charge in [0, 0.05) is 36.6 Å². The molecule has 0 spiro atoms. The Kier molecular flexibility index (Phi) is 9.53. The van der Waals surface area contributed by atoms with Crippen molar-refractivity contribution in [3.05, 3.63) is 253 Å². The van der Waals surface area contributed by atoms with Crippen LogP contribution < -0.4 is 19.6 Å². The molecule has 4 heteroatoms. The van der Waals surface area contributed by atoms with Gasteiger partial charge in [0.05, 0.1) is 39.8 Å². The molecule has 4 aliphatic rings. The van der Waals surface area contributed by atoms with E-state index < -0.39 is 0 Å². The zero-order valence-corrected chi connectivity index (χ0v) is 42.6. The Balaban J connectivity index is 1.05. The summed E-state index contributed by atoms with van der Waals surface area (Å²) in [5.74, 6) is 0. The van der Waals surface area contributed by atoms with E-state index in [-0.39, 0.29) is 5.41 Å². The van der Waals surface area contributed by atoms with Crippen LogP contribution in [-0.4, -0.2) is 14.1 Å². The summed E-state index contributed by atoms with van der Waals surface area (Å²) in [5, 5.41) is 7.29. The van der Waals surface area contributed by atoms with Crippen LogP contribution in [0.15, 0.2) is 242 Å². The third kappa shape index (κ3) is 6.42. The molecule has 11 aromatic rings. The van der Waals surface area contributed by atoms with Crippen molar-refractivity contribution in [1.82, 2.24) is 0 Å². The van der Waals surface area contributed by atoms with Gasteiger partial charge in [-0.1, -0.05) is 166 Å². The van der Waals surface area contributed by atoms with Gasteiger partial charge < -0.3 is 19.6 Å². The molecule has 11 aromatic carbocycles. The SMILES string of the molecule is CN1C2=C(C=CCC2)N(c2ccc3c(-c4ccccc4-c4ccc5c(c4)C(C)(C)c4ccccc4-5)c4cc(N5c6ccccc6N(C)c6ccccc65)ccc4c(-c4ccc5ccccc5c4)c3c2)c2ccccc21. The van der Waals surface area contributed by atoms with E-state index in [9.17, 15) is 0 Å². The third-order valence-corrected chi connectivity index (χ3v) is 16.9. The van der Waals surface area contributed by atoms with Gasteiger partial charge in [-0.25, -0.2) is 0 Å². The van der Waals surface area contributed by atoms with E-state index in [1.165, 1.54) is 122 Å².